The number of para-hydroxylation sites is 2. The van der Waals surface area contributed by atoms with Gasteiger partial charge in [-0.2, -0.15) is 0 Å². The number of likely N-dealkylation sites (tertiary alicyclic amines) is 1. The van der Waals surface area contributed by atoms with Gasteiger partial charge in [0.25, 0.3) is 5.91 Å². The summed E-state index contributed by atoms with van der Waals surface area (Å²) in [5.74, 6) is 3.61. The van der Waals surface area contributed by atoms with Crippen molar-refractivity contribution in [3.63, 3.8) is 0 Å². The minimum absolute atomic E-state index is 0.00165. The fraction of sp³-hybridized carbons (Fsp3) is 0.500. The average molecular weight is 386 g/mol. The summed E-state index contributed by atoms with van der Waals surface area (Å²) in [5.41, 5.74) is 1.28. The van der Waals surface area contributed by atoms with E-state index < -0.39 is 0 Å². The number of ether oxygens (including phenoxy) is 2. The lowest BCUT2D eigenvalue weighted by Gasteiger charge is -2.31. The van der Waals surface area contributed by atoms with Gasteiger partial charge < -0.3 is 19.2 Å². The highest BCUT2D eigenvalue weighted by molar-refractivity contribution is 5.77. The summed E-state index contributed by atoms with van der Waals surface area (Å²) < 4.78 is 16.4. The second-order valence-electron chi connectivity index (χ2n) is 7.40. The lowest BCUT2D eigenvalue weighted by Crippen LogP contribution is -2.39. The van der Waals surface area contributed by atoms with Crippen molar-refractivity contribution in [2.45, 2.75) is 33.2 Å². The van der Waals surface area contributed by atoms with Gasteiger partial charge in [0.2, 0.25) is 0 Å². The molecule has 1 aromatic carbocycles. The van der Waals surface area contributed by atoms with Gasteiger partial charge in [-0.3, -0.25) is 9.69 Å². The van der Waals surface area contributed by atoms with Crippen LogP contribution >= 0.6 is 0 Å². The number of nitrogens with zero attached hydrogens (tertiary/aromatic N) is 1. The molecule has 152 valence electrons. The third-order valence-corrected chi connectivity index (χ3v) is 5.26. The minimum Gasteiger partial charge on any atom is -0.493 e. The number of nitrogens with one attached hydrogen (secondary N) is 1. The van der Waals surface area contributed by atoms with E-state index in [2.05, 4.69) is 16.3 Å². The van der Waals surface area contributed by atoms with Gasteiger partial charge in [-0.05, 0) is 63.9 Å². The third-order valence-electron chi connectivity index (χ3n) is 5.26. The predicted octanol–water partition coefficient (Wildman–Crippen LogP) is 3.31. The van der Waals surface area contributed by atoms with Crippen LogP contribution in [0.3, 0.4) is 0 Å². The smallest absolute Gasteiger partial charge is 0.257 e. The second kappa shape index (κ2) is 9.64. The molecule has 1 fully saturated rings. The summed E-state index contributed by atoms with van der Waals surface area (Å²) in [6, 6.07) is 9.46. The van der Waals surface area contributed by atoms with Crippen molar-refractivity contribution in [2.75, 3.05) is 33.4 Å². The van der Waals surface area contributed by atoms with Gasteiger partial charge in [-0.15, -0.1) is 0 Å². The molecule has 3 rings (SSSR count). The first kappa shape index (κ1) is 20.3. The topological polar surface area (TPSA) is 63.9 Å². The number of aryl methyl sites for hydroxylation is 2. The molecule has 6 nitrogen and oxygen atoms in total. The Hall–Kier alpha value is -2.47. The molecule has 0 saturated carbocycles. The first-order chi connectivity index (χ1) is 13.5. The number of amides is 1. The van der Waals surface area contributed by atoms with Crippen LogP contribution in [0.2, 0.25) is 0 Å². The van der Waals surface area contributed by atoms with Crippen molar-refractivity contribution < 1.29 is 18.7 Å². The number of hydrogen-bond acceptors (Lipinski definition) is 5. The maximum absolute atomic E-state index is 12.1. The molecule has 6 heteroatoms. The van der Waals surface area contributed by atoms with Crippen molar-refractivity contribution in [1.82, 2.24) is 10.2 Å². The lowest BCUT2D eigenvalue weighted by atomic mass is 9.96. The lowest BCUT2D eigenvalue weighted by molar-refractivity contribution is -0.123. The Kier molecular flexibility index (Phi) is 6.98. The molecule has 0 radical (unpaired) electrons. The fourth-order valence-electron chi connectivity index (χ4n) is 3.62. The van der Waals surface area contributed by atoms with Crippen LogP contribution < -0.4 is 14.8 Å². The molecule has 2 heterocycles. The number of rotatable bonds is 8. The van der Waals surface area contributed by atoms with E-state index in [0.717, 1.165) is 44.0 Å². The molecular formula is C22H30N2O4. The minimum atomic E-state index is -0.0992. The summed E-state index contributed by atoms with van der Waals surface area (Å²) in [4.78, 5) is 14.6. The van der Waals surface area contributed by atoms with E-state index in [1.165, 1.54) is 5.56 Å². The van der Waals surface area contributed by atoms with Crippen molar-refractivity contribution >= 4 is 5.91 Å². The highest BCUT2D eigenvalue weighted by Crippen LogP contribution is 2.25. The van der Waals surface area contributed by atoms with Gasteiger partial charge in [0.05, 0.1) is 7.11 Å². The molecule has 1 amide bonds. The zero-order valence-corrected chi connectivity index (χ0v) is 17.0. The monoisotopic (exact) mass is 386 g/mol. The molecule has 28 heavy (non-hydrogen) atoms. The number of carbonyl (C=O) groups excluding carboxylic acids is 1. The van der Waals surface area contributed by atoms with Gasteiger partial charge in [0.1, 0.15) is 11.5 Å². The Morgan fingerprint density at radius 3 is 2.57 bits per heavy atom. The maximum Gasteiger partial charge on any atom is 0.257 e. The Bertz CT molecular complexity index is 779. The van der Waals surface area contributed by atoms with Gasteiger partial charge >= 0.3 is 0 Å². The van der Waals surface area contributed by atoms with Crippen LogP contribution in [0, 0.1) is 19.8 Å². The van der Waals surface area contributed by atoms with E-state index in [0.29, 0.717) is 24.0 Å². The number of hydrogen-bond donors (Lipinski definition) is 1. The zero-order chi connectivity index (χ0) is 19.9. The molecule has 1 saturated heterocycles. The van der Waals surface area contributed by atoms with Gasteiger partial charge in [-0.1, -0.05) is 12.1 Å². The molecule has 1 aromatic heterocycles. The van der Waals surface area contributed by atoms with Gasteiger partial charge in [0, 0.05) is 18.7 Å². The Morgan fingerprint density at radius 2 is 1.93 bits per heavy atom. The molecule has 1 aliphatic rings. The van der Waals surface area contributed by atoms with E-state index in [1.54, 1.807) is 13.2 Å². The zero-order valence-electron chi connectivity index (χ0n) is 17.0. The molecule has 0 atom stereocenters. The van der Waals surface area contributed by atoms with E-state index in [9.17, 15) is 4.79 Å². The molecule has 1 aliphatic heterocycles. The summed E-state index contributed by atoms with van der Waals surface area (Å²) >= 11 is 0. The second-order valence-corrected chi connectivity index (χ2v) is 7.40. The molecule has 0 spiro atoms. The largest absolute Gasteiger partial charge is 0.493 e. The Morgan fingerprint density at radius 1 is 1.21 bits per heavy atom. The number of carbonyl (C=O) groups is 1. The summed E-state index contributed by atoms with van der Waals surface area (Å²) in [5, 5.41) is 3.00. The highest BCUT2D eigenvalue weighted by atomic mass is 16.5. The third kappa shape index (κ3) is 5.52. The van der Waals surface area contributed by atoms with Crippen molar-refractivity contribution in [1.29, 1.82) is 0 Å². The first-order valence-corrected chi connectivity index (χ1v) is 9.86. The van der Waals surface area contributed by atoms with Crippen LogP contribution in [-0.4, -0.2) is 44.2 Å². The molecule has 0 bridgehead atoms. The van der Waals surface area contributed by atoms with E-state index in [4.69, 9.17) is 13.9 Å². The van der Waals surface area contributed by atoms with Crippen LogP contribution in [-0.2, 0) is 11.3 Å². The molecule has 2 aromatic rings. The van der Waals surface area contributed by atoms with Crippen LogP contribution in [0.1, 0.15) is 29.9 Å². The molecule has 0 aliphatic carbocycles. The Labute approximate surface area is 166 Å². The van der Waals surface area contributed by atoms with Crippen LogP contribution in [0.5, 0.6) is 11.5 Å². The van der Waals surface area contributed by atoms with Crippen molar-refractivity contribution in [3.05, 3.63) is 47.4 Å². The number of benzene rings is 1. The Balaban J connectivity index is 1.35. The van der Waals surface area contributed by atoms with Crippen molar-refractivity contribution in [2.24, 2.45) is 5.92 Å². The van der Waals surface area contributed by atoms with Crippen LogP contribution in [0.15, 0.2) is 34.7 Å². The van der Waals surface area contributed by atoms with Gasteiger partial charge in [-0.25, -0.2) is 0 Å². The average Bonchev–Trinajstić information content (AvgIpc) is 3.02. The molecular weight excluding hydrogens is 356 g/mol. The number of piperidine rings is 1. The fourth-order valence-corrected chi connectivity index (χ4v) is 3.62. The van der Waals surface area contributed by atoms with Crippen LogP contribution in [0.4, 0.5) is 0 Å². The van der Waals surface area contributed by atoms with E-state index in [-0.39, 0.29) is 12.5 Å². The normalized spacial score (nSPS) is 15.4. The van der Waals surface area contributed by atoms with Crippen molar-refractivity contribution in [3.8, 4) is 11.5 Å². The summed E-state index contributed by atoms with van der Waals surface area (Å²) in [6.45, 7) is 7.74. The predicted molar refractivity (Wildman–Crippen MR) is 108 cm³/mol. The quantitative estimate of drug-likeness (QED) is 0.754. The first-order valence-electron chi connectivity index (χ1n) is 9.86. The van der Waals surface area contributed by atoms with Gasteiger partial charge in [0.15, 0.2) is 18.1 Å². The standard InChI is InChI=1S/C22H30N2O4/c1-16-12-19(17(2)28-16)14-24-10-8-18(9-11-24)13-23-22(25)15-27-21-7-5-4-6-20(21)26-3/h4-7,12,18H,8-11,13-15H2,1-3H3,(H,23,25). The number of furan rings is 1. The molecule has 0 unspecified atom stereocenters. The maximum atomic E-state index is 12.1. The van der Waals surface area contributed by atoms with E-state index >= 15 is 0 Å². The number of methoxy groups -OCH3 is 1. The molecule has 1 N–H and O–H groups in total. The van der Waals surface area contributed by atoms with Crippen LogP contribution in [0.25, 0.3) is 0 Å². The summed E-state index contributed by atoms with van der Waals surface area (Å²) in [6.07, 6.45) is 2.17. The SMILES string of the molecule is COc1ccccc1OCC(=O)NCC1CCN(Cc2cc(C)oc2C)CC1. The highest BCUT2D eigenvalue weighted by Gasteiger charge is 2.21. The van der Waals surface area contributed by atoms with E-state index in [1.807, 2.05) is 32.0 Å². The summed E-state index contributed by atoms with van der Waals surface area (Å²) in [7, 11) is 1.59.